The number of nitrogens with zero attached hydrogens (tertiary/aromatic N) is 1. The fourth-order valence-corrected chi connectivity index (χ4v) is 1.56. The highest BCUT2D eigenvalue weighted by molar-refractivity contribution is 4.74. The molecule has 1 N–H and O–H groups in total. The first-order valence-electron chi connectivity index (χ1n) is 4.74. The predicted octanol–water partition coefficient (Wildman–Crippen LogP) is 0.315. The molecule has 0 amide bonds. The lowest BCUT2D eigenvalue weighted by Gasteiger charge is -2.35. The highest BCUT2D eigenvalue weighted by Crippen LogP contribution is 2.07. The molecule has 12 heavy (non-hydrogen) atoms. The fourth-order valence-electron chi connectivity index (χ4n) is 1.56. The van der Waals surface area contributed by atoms with E-state index < -0.39 is 0 Å². The molecule has 1 saturated heterocycles. The molecule has 0 aliphatic carbocycles. The first-order chi connectivity index (χ1) is 5.74. The van der Waals surface area contributed by atoms with Crippen LogP contribution in [0.15, 0.2) is 0 Å². The zero-order chi connectivity index (χ0) is 8.97. The van der Waals surface area contributed by atoms with Crippen molar-refractivity contribution >= 4 is 0 Å². The van der Waals surface area contributed by atoms with Crippen molar-refractivity contribution in [2.45, 2.75) is 26.0 Å². The third-order valence-electron chi connectivity index (χ3n) is 2.33. The molecule has 0 saturated carbocycles. The summed E-state index contributed by atoms with van der Waals surface area (Å²) in [5.74, 6) is 0. The minimum atomic E-state index is 0.381. The first kappa shape index (κ1) is 9.96. The van der Waals surface area contributed by atoms with Gasteiger partial charge in [-0.25, -0.2) is 0 Å². The Labute approximate surface area is 75.1 Å². The van der Waals surface area contributed by atoms with E-state index in [4.69, 9.17) is 4.74 Å². The maximum absolute atomic E-state index is 5.59. The van der Waals surface area contributed by atoms with E-state index in [-0.39, 0.29) is 0 Å². The van der Waals surface area contributed by atoms with Gasteiger partial charge in [0.15, 0.2) is 0 Å². The highest BCUT2D eigenvalue weighted by atomic mass is 16.5. The Morgan fingerprint density at radius 3 is 2.92 bits per heavy atom. The Kier molecular flexibility index (Phi) is 3.98. The maximum Gasteiger partial charge on any atom is 0.0826 e. The molecule has 0 spiro atoms. The molecule has 0 aromatic heterocycles. The SMILES string of the molecule is CNC[C@@H]1CN(C(C)C)CCO1. The van der Waals surface area contributed by atoms with Crippen LogP contribution >= 0.6 is 0 Å². The molecule has 0 unspecified atom stereocenters. The van der Waals surface area contributed by atoms with Crippen molar-refractivity contribution in [3.63, 3.8) is 0 Å². The smallest absolute Gasteiger partial charge is 0.0826 e. The average molecular weight is 172 g/mol. The summed E-state index contributed by atoms with van der Waals surface area (Å²) in [6.07, 6.45) is 0.381. The standard InChI is InChI=1S/C9H20N2O/c1-8(2)11-4-5-12-9(7-11)6-10-3/h8-10H,4-7H2,1-3H3/t9-/m1/s1. The van der Waals surface area contributed by atoms with E-state index in [1.807, 2.05) is 7.05 Å². The van der Waals surface area contributed by atoms with E-state index in [2.05, 4.69) is 24.1 Å². The number of likely N-dealkylation sites (N-methyl/N-ethyl adjacent to an activating group) is 1. The first-order valence-corrected chi connectivity index (χ1v) is 4.74. The second-order valence-corrected chi connectivity index (χ2v) is 3.64. The number of rotatable bonds is 3. The Balaban J connectivity index is 2.30. The van der Waals surface area contributed by atoms with Crippen molar-refractivity contribution in [3.8, 4) is 0 Å². The summed E-state index contributed by atoms with van der Waals surface area (Å²) in [7, 11) is 1.97. The Hall–Kier alpha value is -0.120. The molecule has 1 heterocycles. The van der Waals surface area contributed by atoms with Crippen molar-refractivity contribution in [1.29, 1.82) is 0 Å². The number of nitrogens with one attached hydrogen (secondary N) is 1. The van der Waals surface area contributed by atoms with Crippen molar-refractivity contribution in [2.24, 2.45) is 0 Å². The van der Waals surface area contributed by atoms with Crippen LogP contribution in [0.2, 0.25) is 0 Å². The zero-order valence-corrected chi connectivity index (χ0v) is 8.34. The summed E-state index contributed by atoms with van der Waals surface area (Å²) in [6.45, 7) is 8.47. The van der Waals surface area contributed by atoms with Crippen LogP contribution in [0.25, 0.3) is 0 Å². The number of hydrogen-bond donors (Lipinski definition) is 1. The monoisotopic (exact) mass is 172 g/mol. The van der Waals surface area contributed by atoms with E-state index in [0.29, 0.717) is 12.1 Å². The van der Waals surface area contributed by atoms with E-state index in [0.717, 1.165) is 26.2 Å². The van der Waals surface area contributed by atoms with Gasteiger partial charge < -0.3 is 10.1 Å². The van der Waals surface area contributed by atoms with E-state index in [1.165, 1.54) is 0 Å². The van der Waals surface area contributed by atoms with Crippen LogP contribution in [0.5, 0.6) is 0 Å². The van der Waals surface area contributed by atoms with Gasteiger partial charge in [0.1, 0.15) is 0 Å². The molecule has 1 atom stereocenters. The fraction of sp³-hybridized carbons (Fsp3) is 1.00. The van der Waals surface area contributed by atoms with Crippen LogP contribution in [-0.2, 0) is 4.74 Å². The summed E-state index contributed by atoms with van der Waals surface area (Å²) < 4.78 is 5.59. The lowest BCUT2D eigenvalue weighted by Crippen LogP contribution is -2.48. The third kappa shape index (κ3) is 2.73. The summed E-state index contributed by atoms with van der Waals surface area (Å²) >= 11 is 0. The number of hydrogen-bond acceptors (Lipinski definition) is 3. The number of morpholine rings is 1. The van der Waals surface area contributed by atoms with Crippen molar-refractivity contribution < 1.29 is 4.74 Å². The summed E-state index contributed by atoms with van der Waals surface area (Å²) in [5, 5.41) is 3.15. The third-order valence-corrected chi connectivity index (χ3v) is 2.33. The molecule has 0 aromatic rings. The molecule has 1 aliphatic rings. The minimum Gasteiger partial charge on any atom is -0.374 e. The van der Waals surface area contributed by atoms with E-state index in [9.17, 15) is 0 Å². The van der Waals surface area contributed by atoms with Gasteiger partial charge in [-0.2, -0.15) is 0 Å². The molecule has 3 nitrogen and oxygen atoms in total. The summed E-state index contributed by atoms with van der Waals surface area (Å²) in [4.78, 5) is 2.46. The Bertz CT molecular complexity index is 126. The molecule has 72 valence electrons. The highest BCUT2D eigenvalue weighted by Gasteiger charge is 2.20. The lowest BCUT2D eigenvalue weighted by molar-refractivity contribution is -0.0363. The summed E-state index contributed by atoms with van der Waals surface area (Å²) in [5.41, 5.74) is 0. The van der Waals surface area contributed by atoms with Crippen LogP contribution in [0, 0.1) is 0 Å². The minimum absolute atomic E-state index is 0.381. The maximum atomic E-state index is 5.59. The van der Waals surface area contributed by atoms with Crippen LogP contribution in [-0.4, -0.2) is 50.3 Å². The van der Waals surface area contributed by atoms with Crippen molar-refractivity contribution in [3.05, 3.63) is 0 Å². The van der Waals surface area contributed by atoms with E-state index >= 15 is 0 Å². The molecule has 1 rings (SSSR count). The Morgan fingerprint density at radius 2 is 2.33 bits per heavy atom. The largest absolute Gasteiger partial charge is 0.374 e. The van der Waals surface area contributed by atoms with Gasteiger partial charge >= 0.3 is 0 Å². The molecule has 0 bridgehead atoms. The van der Waals surface area contributed by atoms with Crippen LogP contribution in [0.1, 0.15) is 13.8 Å². The van der Waals surface area contributed by atoms with Gasteiger partial charge in [0, 0.05) is 25.7 Å². The van der Waals surface area contributed by atoms with Crippen LogP contribution < -0.4 is 5.32 Å². The van der Waals surface area contributed by atoms with Crippen LogP contribution in [0.4, 0.5) is 0 Å². The lowest BCUT2D eigenvalue weighted by atomic mass is 10.2. The van der Waals surface area contributed by atoms with Crippen molar-refractivity contribution in [1.82, 2.24) is 10.2 Å². The second kappa shape index (κ2) is 4.80. The molecule has 3 heteroatoms. The van der Waals surface area contributed by atoms with Gasteiger partial charge in [-0.15, -0.1) is 0 Å². The van der Waals surface area contributed by atoms with Gasteiger partial charge in [-0.05, 0) is 20.9 Å². The zero-order valence-electron chi connectivity index (χ0n) is 8.34. The van der Waals surface area contributed by atoms with Gasteiger partial charge in [0.25, 0.3) is 0 Å². The normalized spacial score (nSPS) is 26.5. The molecular formula is C9H20N2O. The van der Waals surface area contributed by atoms with E-state index in [1.54, 1.807) is 0 Å². The number of ether oxygens (including phenoxy) is 1. The van der Waals surface area contributed by atoms with Gasteiger partial charge in [0.05, 0.1) is 12.7 Å². The van der Waals surface area contributed by atoms with Crippen molar-refractivity contribution in [2.75, 3.05) is 33.3 Å². The molecule has 1 aliphatic heterocycles. The second-order valence-electron chi connectivity index (χ2n) is 3.64. The average Bonchev–Trinajstić information content (AvgIpc) is 2.05. The van der Waals surface area contributed by atoms with Crippen LogP contribution in [0.3, 0.4) is 0 Å². The Morgan fingerprint density at radius 1 is 1.58 bits per heavy atom. The van der Waals surface area contributed by atoms with Gasteiger partial charge in [-0.3, -0.25) is 4.90 Å². The summed E-state index contributed by atoms with van der Waals surface area (Å²) in [6, 6.07) is 0.647. The molecular weight excluding hydrogens is 152 g/mol. The predicted molar refractivity (Wildman–Crippen MR) is 50.4 cm³/mol. The van der Waals surface area contributed by atoms with Gasteiger partial charge in [-0.1, -0.05) is 0 Å². The topological polar surface area (TPSA) is 24.5 Å². The van der Waals surface area contributed by atoms with Gasteiger partial charge in [0.2, 0.25) is 0 Å². The molecule has 0 aromatic carbocycles. The molecule has 1 fully saturated rings. The quantitative estimate of drug-likeness (QED) is 0.663. The molecule has 0 radical (unpaired) electrons.